The Morgan fingerprint density at radius 3 is 2.78 bits per heavy atom. The maximum Gasteiger partial charge on any atom is 0.237 e. The summed E-state index contributed by atoms with van der Waals surface area (Å²) in [7, 11) is 0. The first kappa shape index (κ1) is 15.8. The van der Waals surface area contributed by atoms with E-state index >= 15 is 0 Å². The summed E-state index contributed by atoms with van der Waals surface area (Å²) in [4.78, 5) is 11.9. The summed E-state index contributed by atoms with van der Waals surface area (Å²) in [6.07, 6.45) is 3.89. The third-order valence-corrected chi connectivity index (χ3v) is 4.48. The van der Waals surface area contributed by atoms with E-state index in [-0.39, 0.29) is 29.5 Å². The molecule has 0 radical (unpaired) electrons. The van der Waals surface area contributed by atoms with E-state index in [0.29, 0.717) is 0 Å². The van der Waals surface area contributed by atoms with Gasteiger partial charge in [0.1, 0.15) is 0 Å². The van der Waals surface area contributed by atoms with Crippen molar-refractivity contribution in [2.24, 2.45) is 11.1 Å². The average molecular weight is 274 g/mol. The van der Waals surface area contributed by atoms with Crippen LogP contribution in [0.3, 0.4) is 0 Å². The molecule has 1 rings (SSSR count). The molecule has 18 heavy (non-hydrogen) atoms. The largest absolute Gasteiger partial charge is 0.378 e. The molecule has 0 aromatic heterocycles. The first-order chi connectivity index (χ1) is 8.43. The summed E-state index contributed by atoms with van der Waals surface area (Å²) in [6, 6.07) is -0.207. The van der Waals surface area contributed by atoms with Crippen molar-refractivity contribution in [2.45, 2.75) is 51.8 Å². The van der Waals surface area contributed by atoms with Crippen LogP contribution in [0.1, 0.15) is 33.6 Å². The van der Waals surface area contributed by atoms with E-state index in [1.54, 1.807) is 11.8 Å². The lowest BCUT2D eigenvalue weighted by Crippen LogP contribution is -2.63. The molecule has 3 N–H and O–H groups in total. The van der Waals surface area contributed by atoms with Gasteiger partial charge in [0.15, 0.2) is 0 Å². The molecule has 0 aromatic carbocycles. The fraction of sp³-hybridized carbons (Fsp3) is 0.923. The Kier molecular flexibility index (Phi) is 5.95. The monoisotopic (exact) mass is 274 g/mol. The second-order valence-electron chi connectivity index (χ2n) is 5.45. The summed E-state index contributed by atoms with van der Waals surface area (Å²) >= 11 is 1.71. The Hall–Kier alpha value is -0.260. The summed E-state index contributed by atoms with van der Waals surface area (Å²) in [5.41, 5.74) is 5.86. The molecule has 106 valence electrons. The quantitative estimate of drug-likeness (QED) is 0.736. The molecule has 2 unspecified atom stereocenters. The van der Waals surface area contributed by atoms with Crippen LogP contribution < -0.4 is 11.1 Å². The molecule has 1 saturated carbocycles. The van der Waals surface area contributed by atoms with E-state index in [9.17, 15) is 4.79 Å². The second-order valence-corrected chi connectivity index (χ2v) is 6.44. The van der Waals surface area contributed by atoms with Gasteiger partial charge in [-0.05, 0) is 31.8 Å². The molecule has 3 atom stereocenters. The van der Waals surface area contributed by atoms with Crippen molar-refractivity contribution in [1.82, 2.24) is 5.32 Å². The van der Waals surface area contributed by atoms with Gasteiger partial charge in [0, 0.05) is 18.1 Å². The maximum absolute atomic E-state index is 11.9. The van der Waals surface area contributed by atoms with Crippen LogP contribution in [0.25, 0.3) is 0 Å². The van der Waals surface area contributed by atoms with Crippen LogP contribution in [-0.4, -0.2) is 42.7 Å². The van der Waals surface area contributed by atoms with Gasteiger partial charge in [-0.15, -0.1) is 0 Å². The predicted molar refractivity (Wildman–Crippen MR) is 76.7 cm³/mol. The summed E-state index contributed by atoms with van der Waals surface area (Å²) in [5, 5.41) is 3.05. The molecule has 0 spiro atoms. The third-order valence-electron chi connectivity index (χ3n) is 3.83. The van der Waals surface area contributed by atoms with Gasteiger partial charge >= 0.3 is 0 Å². The number of thioether (sulfide) groups is 1. The summed E-state index contributed by atoms with van der Waals surface area (Å²) in [5.74, 6) is 0.890. The van der Waals surface area contributed by atoms with Gasteiger partial charge in [-0.1, -0.05) is 13.8 Å². The number of carbonyl (C=O) groups excluding carboxylic acids is 1. The Morgan fingerprint density at radius 2 is 2.28 bits per heavy atom. The van der Waals surface area contributed by atoms with Crippen LogP contribution >= 0.6 is 11.8 Å². The van der Waals surface area contributed by atoms with Crippen LogP contribution in [-0.2, 0) is 9.53 Å². The molecule has 0 aromatic rings. The van der Waals surface area contributed by atoms with Gasteiger partial charge in [0.2, 0.25) is 5.91 Å². The van der Waals surface area contributed by atoms with Gasteiger partial charge < -0.3 is 15.8 Å². The van der Waals surface area contributed by atoms with Crippen molar-refractivity contribution in [2.75, 3.05) is 18.6 Å². The Bertz CT molecular complexity index is 284. The number of carbonyl (C=O) groups is 1. The minimum absolute atomic E-state index is 0.00486. The molecule has 0 saturated heterocycles. The fourth-order valence-electron chi connectivity index (χ4n) is 2.27. The van der Waals surface area contributed by atoms with E-state index in [1.165, 1.54) is 0 Å². The van der Waals surface area contributed by atoms with E-state index < -0.39 is 0 Å². The van der Waals surface area contributed by atoms with Gasteiger partial charge in [0.25, 0.3) is 0 Å². The molecule has 4 nitrogen and oxygen atoms in total. The van der Waals surface area contributed by atoms with Crippen LogP contribution in [0, 0.1) is 5.41 Å². The number of hydrogen-bond donors (Lipinski definition) is 2. The molecule has 0 heterocycles. The first-order valence-corrected chi connectivity index (χ1v) is 7.99. The number of rotatable bonds is 7. The van der Waals surface area contributed by atoms with E-state index in [0.717, 1.165) is 25.2 Å². The Labute approximate surface area is 114 Å². The third kappa shape index (κ3) is 3.62. The first-order valence-electron chi connectivity index (χ1n) is 6.60. The molecule has 1 fully saturated rings. The van der Waals surface area contributed by atoms with Crippen LogP contribution in [0.2, 0.25) is 0 Å². The maximum atomic E-state index is 11.9. The van der Waals surface area contributed by atoms with Crippen molar-refractivity contribution < 1.29 is 9.53 Å². The second kappa shape index (κ2) is 6.78. The van der Waals surface area contributed by atoms with Crippen molar-refractivity contribution in [3.63, 3.8) is 0 Å². The Balaban J connectivity index is 2.38. The number of amides is 1. The SMILES string of the molecule is CCOC1CC(NC(=O)[C@@H](N)CCSC)C1(C)C. The smallest absolute Gasteiger partial charge is 0.237 e. The minimum atomic E-state index is -0.389. The lowest BCUT2D eigenvalue weighted by atomic mass is 9.64. The highest BCUT2D eigenvalue weighted by Crippen LogP contribution is 2.42. The van der Waals surface area contributed by atoms with Crippen LogP contribution in [0.15, 0.2) is 0 Å². The number of hydrogen-bond acceptors (Lipinski definition) is 4. The normalized spacial score (nSPS) is 27.4. The molecule has 0 aliphatic heterocycles. The Morgan fingerprint density at radius 1 is 1.61 bits per heavy atom. The van der Waals surface area contributed by atoms with Gasteiger partial charge in [-0.25, -0.2) is 0 Å². The molecular formula is C13H26N2O2S. The summed E-state index contributed by atoms with van der Waals surface area (Å²) < 4.78 is 5.64. The number of nitrogens with one attached hydrogen (secondary N) is 1. The zero-order chi connectivity index (χ0) is 13.8. The molecule has 1 aliphatic rings. The highest BCUT2D eigenvalue weighted by atomic mass is 32.2. The lowest BCUT2D eigenvalue weighted by molar-refractivity contribution is -0.137. The summed E-state index contributed by atoms with van der Waals surface area (Å²) in [6.45, 7) is 6.99. The topological polar surface area (TPSA) is 64.3 Å². The standard InChI is InChI=1S/C13H26N2O2S/c1-5-17-11-8-10(13(11,2)3)15-12(16)9(14)6-7-18-4/h9-11H,5-8,14H2,1-4H3,(H,15,16)/t9-,10?,11?/m0/s1. The van der Waals surface area contributed by atoms with Crippen LogP contribution in [0.5, 0.6) is 0 Å². The molecular weight excluding hydrogens is 248 g/mol. The molecule has 1 aliphatic carbocycles. The number of nitrogens with two attached hydrogens (primary N) is 1. The van der Waals surface area contributed by atoms with Gasteiger partial charge in [-0.3, -0.25) is 4.79 Å². The molecule has 0 bridgehead atoms. The average Bonchev–Trinajstić information content (AvgIpc) is 2.34. The van der Waals surface area contributed by atoms with E-state index in [2.05, 4.69) is 19.2 Å². The van der Waals surface area contributed by atoms with Crippen molar-refractivity contribution in [3.8, 4) is 0 Å². The van der Waals surface area contributed by atoms with E-state index in [4.69, 9.17) is 10.5 Å². The van der Waals surface area contributed by atoms with Crippen molar-refractivity contribution >= 4 is 17.7 Å². The van der Waals surface area contributed by atoms with Gasteiger partial charge in [-0.2, -0.15) is 11.8 Å². The zero-order valence-electron chi connectivity index (χ0n) is 11.9. The van der Waals surface area contributed by atoms with Crippen LogP contribution in [0.4, 0.5) is 0 Å². The number of ether oxygens (including phenoxy) is 1. The lowest BCUT2D eigenvalue weighted by Gasteiger charge is -2.51. The highest BCUT2D eigenvalue weighted by Gasteiger charge is 2.49. The fourth-order valence-corrected chi connectivity index (χ4v) is 2.76. The van der Waals surface area contributed by atoms with Gasteiger partial charge in [0.05, 0.1) is 12.1 Å². The minimum Gasteiger partial charge on any atom is -0.378 e. The molecule has 5 heteroatoms. The zero-order valence-corrected chi connectivity index (χ0v) is 12.7. The van der Waals surface area contributed by atoms with Crippen molar-refractivity contribution in [3.05, 3.63) is 0 Å². The highest BCUT2D eigenvalue weighted by molar-refractivity contribution is 7.98. The van der Waals surface area contributed by atoms with Crippen molar-refractivity contribution in [1.29, 1.82) is 0 Å². The predicted octanol–water partition coefficient (Wildman–Crippen LogP) is 1.39. The molecule has 1 amide bonds. The van der Waals surface area contributed by atoms with E-state index in [1.807, 2.05) is 13.2 Å².